The maximum atomic E-state index is 12.1. The van der Waals surface area contributed by atoms with E-state index in [4.69, 9.17) is 4.74 Å². The van der Waals surface area contributed by atoms with Crippen molar-refractivity contribution in [3.8, 4) is 5.75 Å². The summed E-state index contributed by atoms with van der Waals surface area (Å²) in [6, 6.07) is 1.77. The first kappa shape index (κ1) is 12.7. The molecule has 0 unspecified atom stereocenters. The van der Waals surface area contributed by atoms with Crippen molar-refractivity contribution in [2.75, 3.05) is 6.61 Å². The quantitative estimate of drug-likeness (QED) is 0.693. The summed E-state index contributed by atoms with van der Waals surface area (Å²) in [6.07, 6.45) is 4.98. The van der Waals surface area contributed by atoms with E-state index in [1.165, 1.54) is 0 Å². The summed E-state index contributed by atoms with van der Waals surface area (Å²) in [6.45, 7) is 6.57. The molecule has 0 spiro atoms. The first-order chi connectivity index (χ1) is 7.72. The average molecular weight is 221 g/mol. The smallest absolute Gasteiger partial charge is 0.167 e. The molecule has 1 aromatic rings. The molecule has 0 atom stereocenters. The molecule has 0 bridgehead atoms. The Morgan fingerprint density at radius 2 is 2.00 bits per heavy atom. The third-order valence-corrected chi connectivity index (χ3v) is 2.67. The van der Waals surface area contributed by atoms with Gasteiger partial charge in [0, 0.05) is 17.7 Å². The van der Waals surface area contributed by atoms with Crippen molar-refractivity contribution in [3.63, 3.8) is 0 Å². The van der Waals surface area contributed by atoms with Crippen LogP contribution >= 0.6 is 0 Å². The van der Waals surface area contributed by atoms with E-state index in [0.29, 0.717) is 17.9 Å². The minimum atomic E-state index is 0.0960. The highest BCUT2D eigenvalue weighted by Gasteiger charge is 2.16. The molecular weight excluding hydrogens is 202 g/mol. The summed E-state index contributed by atoms with van der Waals surface area (Å²) >= 11 is 0. The van der Waals surface area contributed by atoms with E-state index in [-0.39, 0.29) is 11.7 Å². The number of hydrogen-bond acceptors (Lipinski definition) is 3. The van der Waals surface area contributed by atoms with Gasteiger partial charge in [-0.3, -0.25) is 9.78 Å². The van der Waals surface area contributed by atoms with Crippen LogP contribution in [0, 0.1) is 5.92 Å². The second kappa shape index (κ2) is 6.26. The number of carbonyl (C=O) groups is 1. The summed E-state index contributed by atoms with van der Waals surface area (Å²) < 4.78 is 5.33. The molecule has 0 radical (unpaired) electrons. The van der Waals surface area contributed by atoms with Crippen molar-refractivity contribution in [2.45, 2.75) is 33.6 Å². The maximum Gasteiger partial charge on any atom is 0.167 e. The van der Waals surface area contributed by atoms with Crippen LogP contribution in [0.3, 0.4) is 0 Å². The molecule has 0 aliphatic rings. The number of aromatic nitrogens is 1. The number of carbonyl (C=O) groups excluding carboxylic acids is 1. The Morgan fingerprint density at radius 3 is 2.56 bits per heavy atom. The van der Waals surface area contributed by atoms with Crippen LogP contribution in [0.5, 0.6) is 5.75 Å². The number of pyridine rings is 1. The molecule has 88 valence electrons. The highest BCUT2D eigenvalue weighted by atomic mass is 16.5. The number of rotatable bonds is 6. The lowest BCUT2D eigenvalue weighted by molar-refractivity contribution is 0.0912. The Hall–Kier alpha value is -1.38. The van der Waals surface area contributed by atoms with Gasteiger partial charge in [-0.2, -0.15) is 0 Å². The van der Waals surface area contributed by atoms with Gasteiger partial charge in [0.2, 0.25) is 0 Å². The predicted octanol–water partition coefficient (Wildman–Crippen LogP) is 3.10. The van der Waals surface area contributed by atoms with Gasteiger partial charge in [-0.05, 0) is 25.8 Å². The minimum Gasteiger partial charge on any atom is -0.492 e. The zero-order valence-corrected chi connectivity index (χ0v) is 10.2. The fraction of sp³-hybridized carbons (Fsp3) is 0.538. The average Bonchev–Trinajstić information content (AvgIpc) is 2.31. The second-order valence-electron chi connectivity index (χ2n) is 3.72. The van der Waals surface area contributed by atoms with Crippen molar-refractivity contribution < 1.29 is 9.53 Å². The van der Waals surface area contributed by atoms with Crippen LogP contribution in [0.4, 0.5) is 0 Å². The molecule has 1 rings (SSSR count). The second-order valence-corrected chi connectivity index (χ2v) is 3.72. The molecule has 1 heterocycles. The van der Waals surface area contributed by atoms with Crippen molar-refractivity contribution >= 4 is 5.78 Å². The van der Waals surface area contributed by atoms with E-state index in [1.54, 1.807) is 18.5 Å². The fourth-order valence-corrected chi connectivity index (χ4v) is 1.69. The lowest BCUT2D eigenvalue weighted by Crippen LogP contribution is -2.13. The van der Waals surface area contributed by atoms with E-state index in [0.717, 1.165) is 12.8 Å². The first-order valence-electron chi connectivity index (χ1n) is 5.84. The normalized spacial score (nSPS) is 10.5. The zero-order chi connectivity index (χ0) is 12.0. The molecule has 0 saturated heterocycles. The third-order valence-electron chi connectivity index (χ3n) is 2.67. The van der Waals surface area contributed by atoms with Gasteiger partial charge in [0.1, 0.15) is 5.75 Å². The van der Waals surface area contributed by atoms with Gasteiger partial charge in [-0.25, -0.2) is 0 Å². The molecular formula is C13H19NO2. The standard InChI is InChI=1S/C13H19NO2/c1-4-10(5-2)13(15)11-7-12(16-6-3)9-14-8-11/h7-10H,4-6H2,1-3H3. The van der Waals surface area contributed by atoms with Crippen LogP contribution in [-0.4, -0.2) is 17.4 Å². The SMILES string of the molecule is CCOc1cncc(C(=O)C(CC)CC)c1. The van der Waals surface area contributed by atoms with Crippen LogP contribution in [0.25, 0.3) is 0 Å². The van der Waals surface area contributed by atoms with E-state index in [2.05, 4.69) is 4.98 Å². The first-order valence-corrected chi connectivity index (χ1v) is 5.84. The molecule has 1 aromatic heterocycles. The molecule has 0 aliphatic carbocycles. The largest absolute Gasteiger partial charge is 0.492 e. The predicted molar refractivity (Wildman–Crippen MR) is 63.8 cm³/mol. The monoisotopic (exact) mass is 221 g/mol. The van der Waals surface area contributed by atoms with Crippen LogP contribution < -0.4 is 4.74 Å². The van der Waals surface area contributed by atoms with Crippen molar-refractivity contribution in [3.05, 3.63) is 24.0 Å². The molecule has 0 amide bonds. The lowest BCUT2D eigenvalue weighted by Gasteiger charge is -2.11. The number of nitrogens with zero attached hydrogens (tertiary/aromatic N) is 1. The number of ether oxygens (including phenoxy) is 1. The summed E-state index contributed by atoms with van der Waals surface area (Å²) in [7, 11) is 0. The molecule has 0 aliphatic heterocycles. The van der Waals surface area contributed by atoms with Gasteiger partial charge in [-0.15, -0.1) is 0 Å². The van der Waals surface area contributed by atoms with Gasteiger partial charge >= 0.3 is 0 Å². The number of ketones is 1. The summed E-state index contributed by atoms with van der Waals surface area (Å²) in [5.41, 5.74) is 0.652. The molecule has 0 aromatic carbocycles. The molecule has 3 heteroatoms. The maximum absolute atomic E-state index is 12.1. The summed E-state index contributed by atoms with van der Waals surface area (Å²) in [5.74, 6) is 0.928. The van der Waals surface area contributed by atoms with Gasteiger partial charge in [0.25, 0.3) is 0 Å². The Morgan fingerprint density at radius 1 is 1.31 bits per heavy atom. The Balaban J connectivity index is 2.86. The minimum absolute atomic E-state index is 0.0960. The Labute approximate surface area is 96.8 Å². The molecule has 16 heavy (non-hydrogen) atoms. The highest BCUT2D eigenvalue weighted by Crippen LogP contribution is 2.18. The number of Topliss-reactive ketones (excluding diaryl/α,β-unsaturated/α-hetero) is 1. The van der Waals surface area contributed by atoms with Crippen LogP contribution in [-0.2, 0) is 0 Å². The van der Waals surface area contributed by atoms with E-state index < -0.39 is 0 Å². The third kappa shape index (κ3) is 3.05. The highest BCUT2D eigenvalue weighted by molar-refractivity contribution is 5.97. The van der Waals surface area contributed by atoms with Gasteiger partial charge in [-0.1, -0.05) is 13.8 Å². The van der Waals surface area contributed by atoms with Crippen LogP contribution in [0.2, 0.25) is 0 Å². The fourth-order valence-electron chi connectivity index (χ4n) is 1.69. The van der Waals surface area contributed by atoms with Crippen LogP contribution in [0.1, 0.15) is 44.0 Å². The van der Waals surface area contributed by atoms with Gasteiger partial charge in [0.05, 0.1) is 12.8 Å². The molecule has 3 nitrogen and oxygen atoms in total. The van der Waals surface area contributed by atoms with E-state index in [9.17, 15) is 4.79 Å². The topological polar surface area (TPSA) is 39.2 Å². The lowest BCUT2D eigenvalue weighted by atomic mass is 9.94. The summed E-state index contributed by atoms with van der Waals surface area (Å²) in [5, 5.41) is 0. The van der Waals surface area contributed by atoms with Crippen molar-refractivity contribution in [2.24, 2.45) is 5.92 Å². The van der Waals surface area contributed by atoms with Crippen LogP contribution in [0.15, 0.2) is 18.5 Å². The van der Waals surface area contributed by atoms with Gasteiger partial charge < -0.3 is 4.74 Å². The van der Waals surface area contributed by atoms with E-state index >= 15 is 0 Å². The van der Waals surface area contributed by atoms with E-state index in [1.807, 2.05) is 20.8 Å². The van der Waals surface area contributed by atoms with Crippen molar-refractivity contribution in [1.82, 2.24) is 4.98 Å². The Kier molecular flexibility index (Phi) is 4.96. The Bertz CT molecular complexity index is 346. The molecule has 0 fully saturated rings. The zero-order valence-electron chi connectivity index (χ0n) is 10.2. The van der Waals surface area contributed by atoms with Gasteiger partial charge in [0.15, 0.2) is 5.78 Å². The summed E-state index contributed by atoms with van der Waals surface area (Å²) in [4.78, 5) is 16.1. The van der Waals surface area contributed by atoms with Crippen molar-refractivity contribution in [1.29, 1.82) is 0 Å². The molecule has 0 saturated carbocycles. The molecule has 0 N–H and O–H groups in total. The number of hydrogen-bond donors (Lipinski definition) is 0.